The number of hydrogen-bond donors (Lipinski definition) is 0. The van der Waals surface area contributed by atoms with Gasteiger partial charge in [0, 0.05) is 19.1 Å². The molecular weight excluding hydrogens is 432 g/mol. The molecule has 2 heterocycles. The highest BCUT2D eigenvalue weighted by atomic mass is 32.2. The second-order valence-corrected chi connectivity index (χ2v) is 11.8. The van der Waals surface area contributed by atoms with Crippen molar-refractivity contribution in [2.75, 3.05) is 34.7 Å². The first-order valence-electron chi connectivity index (χ1n) is 9.86. The van der Waals surface area contributed by atoms with Crippen molar-refractivity contribution in [1.82, 2.24) is 4.90 Å². The van der Waals surface area contributed by atoms with Gasteiger partial charge in [-0.3, -0.25) is 9.10 Å². The third-order valence-electron chi connectivity index (χ3n) is 5.37. The Labute approximate surface area is 177 Å². The Morgan fingerprint density at radius 3 is 2.53 bits per heavy atom. The normalized spacial score (nSPS) is 23.1. The minimum Gasteiger partial charge on any atom is -0.449 e. The molecule has 0 saturated carbocycles. The highest BCUT2D eigenvalue weighted by Crippen LogP contribution is 2.25. The van der Waals surface area contributed by atoms with Gasteiger partial charge in [-0.25, -0.2) is 21.6 Å². The lowest BCUT2D eigenvalue weighted by Gasteiger charge is -2.29. The molecule has 0 aliphatic carbocycles. The van der Waals surface area contributed by atoms with Crippen LogP contribution in [0.15, 0.2) is 24.3 Å². The van der Waals surface area contributed by atoms with Crippen molar-refractivity contribution in [2.24, 2.45) is 0 Å². The summed E-state index contributed by atoms with van der Waals surface area (Å²) < 4.78 is 54.3. The Bertz CT molecular complexity index is 1040. The molecule has 0 N–H and O–H groups in total. The van der Waals surface area contributed by atoms with Crippen LogP contribution >= 0.6 is 0 Å². The predicted octanol–water partition coefficient (Wildman–Crippen LogP) is 0.807. The van der Waals surface area contributed by atoms with Gasteiger partial charge in [-0.1, -0.05) is 6.07 Å². The molecule has 2 saturated heterocycles. The van der Waals surface area contributed by atoms with Gasteiger partial charge in [-0.05, 0) is 44.9 Å². The van der Waals surface area contributed by atoms with Crippen molar-refractivity contribution in [3.8, 4) is 0 Å². The average Bonchev–Trinajstić information content (AvgIpc) is 3.23. The quantitative estimate of drug-likeness (QED) is 0.579. The van der Waals surface area contributed by atoms with Crippen molar-refractivity contribution in [3.05, 3.63) is 29.8 Å². The summed E-state index contributed by atoms with van der Waals surface area (Å²) in [4.78, 5) is 26.8. The number of carbonyl (C=O) groups is 2. The molecule has 2 atom stereocenters. The largest absolute Gasteiger partial charge is 0.449 e. The molecule has 2 unspecified atom stereocenters. The monoisotopic (exact) mass is 458 g/mol. The maximum absolute atomic E-state index is 12.8. The van der Waals surface area contributed by atoms with Crippen molar-refractivity contribution in [3.63, 3.8) is 0 Å². The van der Waals surface area contributed by atoms with E-state index in [0.29, 0.717) is 31.6 Å². The van der Waals surface area contributed by atoms with Crippen LogP contribution in [0.5, 0.6) is 0 Å². The number of carbonyl (C=O) groups excluding carboxylic acids is 2. The number of amides is 1. The second-order valence-electron chi connectivity index (χ2n) is 7.52. The molecule has 9 nitrogen and oxygen atoms in total. The summed E-state index contributed by atoms with van der Waals surface area (Å²) >= 11 is 0. The molecule has 1 aromatic carbocycles. The van der Waals surface area contributed by atoms with Gasteiger partial charge in [0.1, 0.15) is 0 Å². The molecule has 30 heavy (non-hydrogen) atoms. The zero-order chi connectivity index (χ0) is 22.1. The van der Waals surface area contributed by atoms with Gasteiger partial charge in [-0.15, -0.1) is 0 Å². The van der Waals surface area contributed by atoms with Gasteiger partial charge in [0.05, 0.1) is 28.5 Å². The number of benzene rings is 1. The van der Waals surface area contributed by atoms with Crippen LogP contribution in [0, 0.1) is 0 Å². The molecule has 3 rings (SSSR count). The van der Waals surface area contributed by atoms with Gasteiger partial charge < -0.3 is 9.64 Å². The van der Waals surface area contributed by atoms with E-state index in [9.17, 15) is 26.4 Å². The molecule has 2 aliphatic rings. The van der Waals surface area contributed by atoms with Crippen molar-refractivity contribution in [1.29, 1.82) is 0 Å². The van der Waals surface area contributed by atoms with Crippen molar-refractivity contribution < 1.29 is 31.2 Å². The molecule has 166 valence electrons. The standard InChI is InChI=1S/C19H26N2O7S2/c1-3-20(17-8-11-29(24,25)13-17)18(22)14(2)28-19(23)15-6-4-7-16(12-15)21-9-5-10-30(21,26)27/h4,6-7,12,14,17H,3,5,8-11,13H2,1-2H3. The lowest BCUT2D eigenvalue weighted by Crippen LogP contribution is -2.46. The topological polar surface area (TPSA) is 118 Å². The summed E-state index contributed by atoms with van der Waals surface area (Å²) in [6.45, 7) is 3.85. The fourth-order valence-corrected chi connectivity index (χ4v) is 7.13. The molecule has 1 aromatic rings. The number of anilines is 1. The molecule has 11 heteroatoms. The number of esters is 1. The van der Waals surface area contributed by atoms with E-state index in [1.54, 1.807) is 19.1 Å². The maximum atomic E-state index is 12.8. The minimum absolute atomic E-state index is 0.0435. The van der Waals surface area contributed by atoms with Crippen LogP contribution < -0.4 is 4.31 Å². The number of nitrogens with zero attached hydrogens (tertiary/aromatic N) is 2. The molecule has 2 aliphatic heterocycles. The SMILES string of the molecule is CCN(C(=O)C(C)OC(=O)c1cccc(N2CCCS2(=O)=O)c1)C1CCS(=O)(=O)C1. The number of sulfonamides is 1. The Kier molecular flexibility index (Phi) is 6.42. The third kappa shape index (κ3) is 4.77. The fraction of sp³-hybridized carbons (Fsp3) is 0.579. The van der Waals surface area contributed by atoms with Crippen LogP contribution in [-0.4, -0.2) is 76.1 Å². The van der Waals surface area contributed by atoms with Crippen molar-refractivity contribution in [2.45, 2.75) is 38.8 Å². The zero-order valence-corrected chi connectivity index (χ0v) is 18.6. The van der Waals surface area contributed by atoms with Crippen LogP contribution in [0.1, 0.15) is 37.0 Å². The van der Waals surface area contributed by atoms with Gasteiger partial charge in [-0.2, -0.15) is 0 Å². The summed E-state index contributed by atoms with van der Waals surface area (Å²) in [5.74, 6) is -1.17. The van der Waals surface area contributed by atoms with Gasteiger partial charge in [0.2, 0.25) is 10.0 Å². The summed E-state index contributed by atoms with van der Waals surface area (Å²) in [5, 5.41) is 0. The van der Waals surface area contributed by atoms with E-state index < -0.39 is 43.9 Å². The Balaban J connectivity index is 1.69. The average molecular weight is 459 g/mol. The Hall–Kier alpha value is -2.14. The van der Waals surface area contributed by atoms with Crippen LogP contribution in [0.25, 0.3) is 0 Å². The summed E-state index contributed by atoms with van der Waals surface area (Å²) in [6, 6.07) is 5.68. The summed E-state index contributed by atoms with van der Waals surface area (Å²) in [6.07, 6.45) is -0.207. The van der Waals surface area contributed by atoms with E-state index >= 15 is 0 Å². The second kappa shape index (κ2) is 8.54. The van der Waals surface area contributed by atoms with E-state index in [1.165, 1.54) is 28.3 Å². The van der Waals surface area contributed by atoms with Gasteiger partial charge >= 0.3 is 5.97 Å². The van der Waals surface area contributed by atoms with Crippen LogP contribution in [0.4, 0.5) is 5.69 Å². The highest BCUT2D eigenvalue weighted by molar-refractivity contribution is 7.93. The fourth-order valence-electron chi connectivity index (χ4n) is 3.85. The Morgan fingerprint density at radius 2 is 1.97 bits per heavy atom. The van der Waals surface area contributed by atoms with Crippen LogP contribution in [-0.2, 0) is 29.4 Å². The minimum atomic E-state index is -3.38. The number of sulfone groups is 1. The molecular formula is C19H26N2O7S2. The van der Waals surface area contributed by atoms with E-state index in [-0.39, 0.29) is 22.8 Å². The van der Waals surface area contributed by atoms with Gasteiger partial charge in [0.25, 0.3) is 5.91 Å². The zero-order valence-electron chi connectivity index (χ0n) is 17.0. The Morgan fingerprint density at radius 1 is 1.23 bits per heavy atom. The van der Waals surface area contributed by atoms with Crippen molar-refractivity contribution >= 4 is 37.4 Å². The molecule has 0 aromatic heterocycles. The first-order chi connectivity index (χ1) is 14.0. The number of likely N-dealkylation sites (N-methyl/N-ethyl adjacent to an activating group) is 1. The first kappa shape index (κ1) is 22.5. The van der Waals surface area contributed by atoms with Gasteiger partial charge in [0.15, 0.2) is 15.9 Å². The third-order valence-corrected chi connectivity index (χ3v) is 8.99. The van der Waals surface area contributed by atoms with E-state index in [2.05, 4.69) is 0 Å². The maximum Gasteiger partial charge on any atom is 0.338 e. The van der Waals surface area contributed by atoms with E-state index in [0.717, 1.165) is 0 Å². The molecule has 1 amide bonds. The summed E-state index contributed by atoms with van der Waals surface area (Å²) in [5.41, 5.74) is 0.521. The molecule has 2 fully saturated rings. The summed E-state index contributed by atoms with van der Waals surface area (Å²) in [7, 11) is -6.54. The smallest absolute Gasteiger partial charge is 0.338 e. The number of hydrogen-bond acceptors (Lipinski definition) is 7. The number of rotatable bonds is 6. The first-order valence-corrected chi connectivity index (χ1v) is 13.3. The lowest BCUT2D eigenvalue weighted by molar-refractivity contribution is -0.141. The highest BCUT2D eigenvalue weighted by Gasteiger charge is 2.36. The van der Waals surface area contributed by atoms with Crippen LogP contribution in [0.3, 0.4) is 0 Å². The van der Waals surface area contributed by atoms with Crippen LogP contribution in [0.2, 0.25) is 0 Å². The molecule has 0 radical (unpaired) electrons. The molecule has 0 spiro atoms. The number of ether oxygens (including phenoxy) is 1. The lowest BCUT2D eigenvalue weighted by atomic mass is 10.2. The predicted molar refractivity (Wildman–Crippen MR) is 112 cm³/mol. The van der Waals surface area contributed by atoms with E-state index in [1.807, 2.05) is 0 Å². The van der Waals surface area contributed by atoms with E-state index in [4.69, 9.17) is 4.74 Å². The molecule has 0 bridgehead atoms.